The van der Waals surface area contributed by atoms with Crippen LogP contribution in [0.3, 0.4) is 0 Å². The highest BCUT2D eigenvalue weighted by Gasteiger charge is 2.14. The lowest BCUT2D eigenvalue weighted by Crippen LogP contribution is -2.26. The van der Waals surface area contributed by atoms with Gasteiger partial charge in [-0.1, -0.05) is 35.0 Å². The van der Waals surface area contributed by atoms with Crippen LogP contribution in [0.25, 0.3) is 0 Å². The monoisotopic (exact) mass is 340 g/mol. The number of amides is 1. The van der Waals surface area contributed by atoms with Gasteiger partial charge in [0, 0.05) is 12.1 Å². The molecule has 1 heterocycles. The molecule has 1 amide bonds. The lowest BCUT2D eigenvalue weighted by atomic mass is 10.1. The Bertz CT molecular complexity index is 785. The Labute approximate surface area is 146 Å². The van der Waals surface area contributed by atoms with Gasteiger partial charge in [0.1, 0.15) is 0 Å². The normalized spacial score (nSPS) is 12.8. The number of nitrogens with zero attached hydrogens (tertiary/aromatic N) is 1. The Kier molecular flexibility index (Phi) is 5.18. The third-order valence-corrected chi connectivity index (χ3v) is 3.80. The second-order valence-corrected chi connectivity index (χ2v) is 5.78. The smallest absolute Gasteiger partial charge is 0.261 e. The molecule has 2 aromatic rings. The van der Waals surface area contributed by atoms with E-state index in [0.717, 1.165) is 11.1 Å². The zero-order chi connectivity index (χ0) is 17.6. The van der Waals surface area contributed by atoms with Gasteiger partial charge in [-0.2, -0.15) is 0 Å². The maximum Gasteiger partial charge on any atom is 0.261 e. The number of carbonyl (C=O) groups excluding carboxylic acids is 1. The van der Waals surface area contributed by atoms with Gasteiger partial charge in [0.05, 0.1) is 5.71 Å². The fourth-order valence-corrected chi connectivity index (χ4v) is 2.32. The van der Waals surface area contributed by atoms with Crippen molar-refractivity contribution >= 4 is 11.6 Å². The van der Waals surface area contributed by atoms with Gasteiger partial charge in [-0.05, 0) is 37.6 Å². The van der Waals surface area contributed by atoms with Crippen LogP contribution in [0.4, 0.5) is 0 Å². The topological polar surface area (TPSA) is 69.2 Å². The molecule has 1 aliphatic heterocycles. The van der Waals surface area contributed by atoms with Crippen molar-refractivity contribution in [2.45, 2.75) is 20.4 Å². The highest BCUT2D eigenvalue weighted by atomic mass is 16.7. The van der Waals surface area contributed by atoms with E-state index in [1.807, 2.05) is 56.3 Å². The van der Waals surface area contributed by atoms with Gasteiger partial charge in [-0.3, -0.25) is 4.79 Å². The molecule has 0 fully saturated rings. The van der Waals surface area contributed by atoms with Crippen LogP contribution >= 0.6 is 0 Å². The number of nitrogens with one attached hydrogen (secondary N) is 1. The maximum absolute atomic E-state index is 11.8. The van der Waals surface area contributed by atoms with E-state index in [0.29, 0.717) is 23.8 Å². The minimum absolute atomic E-state index is 0.131. The number of aryl methyl sites for hydroxylation is 1. The molecule has 0 aromatic heterocycles. The van der Waals surface area contributed by atoms with Crippen molar-refractivity contribution in [1.82, 2.24) is 5.32 Å². The first kappa shape index (κ1) is 16.8. The molecule has 130 valence electrons. The summed E-state index contributed by atoms with van der Waals surface area (Å²) in [7, 11) is 0. The molecule has 0 saturated heterocycles. The van der Waals surface area contributed by atoms with Crippen molar-refractivity contribution in [3.63, 3.8) is 0 Å². The molecule has 0 aliphatic carbocycles. The molecule has 0 radical (unpaired) electrons. The zero-order valence-corrected chi connectivity index (χ0v) is 14.2. The van der Waals surface area contributed by atoms with Gasteiger partial charge in [-0.15, -0.1) is 0 Å². The Hall–Kier alpha value is -3.02. The Morgan fingerprint density at radius 2 is 1.92 bits per heavy atom. The second-order valence-electron chi connectivity index (χ2n) is 5.78. The van der Waals surface area contributed by atoms with Crippen molar-refractivity contribution in [2.75, 3.05) is 13.4 Å². The summed E-state index contributed by atoms with van der Waals surface area (Å²) in [6, 6.07) is 13.5. The number of ether oxygens (including phenoxy) is 2. The number of hydrogen-bond acceptors (Lipinski definition) is 5. The number of carbonyl (C=O) groups is 1. The van der Waals surface area contributed by atoms with E-state index in [4.69, 9.17) is 14.3 Å². The first-order valence-corrected chi connectivity index (χ1v) is 8.00. The number of hydrogen-bond donors (Lipinski definition) is 1. The predicted molar refractivity (Wildman–Crippen MR) is 93.8 cm³/mol. The molecule has 0 unspecified atom stereocenters. The van der Waals surface area contributed by atoms with E-state index >= 15 is 0 Å². The van der Waals surface area contributed by atoms with E-state index in [1.165, 1.54) is 5.56 Å². The predicted octanol–water partition coefficient (Wildman–Crippen LogP) is 2.78. The quantitative estimate of drug-likeness (QED) is 0.648. The number of oxime groups is 1. The first-order chi connectivity index (χ1) is 12.1. The van der Waals surface area contributed by atoms with Crippen LogP contribution in [0.15, 0.2) is 47.6 Å². The average Bonchev–Trinajstić information content (AvgIpc) is 3.09. The van der Waals surface area contributed by atoms with Gasteiger partial charge >= 0.3 is 0 Å². The van der Waals surface area contributed by atoms with E-state index in [9.17, 15) is 4.79 Å². The highest BCUT2D eigenvalue weighted by Crippen LogP contribution is 2.32. The molecular formula is C19H20N2O4. The average molecular weight is 340 g/mol. The van der Waals surface area contributed by atoms with Crippen molar-refractivity contribution in [3.05, 3.63) is 59.2 Å². The SMILES string of the molecule is C/C(=N/OCC(=O)NCc1ccc(C)cc1)c1ccc2c(c1)OCO2. The maximum atomic E-state index is 11.8. The van der Waals surface area contributed by atoms with Crippen molar-refractivity contribution in [2.24, 2.45) is 5.16 Å². The summed E-state index contributed by atoms with van der Waals surface area (Å²) < 4.78 is 10.6. The van der Waals surface area contributed by atoms with Crippen LogP contribution in [0, 0.1) is 6.92 Å². The zero-order valence-electron chi connectivity index (χ0n) is 14.2. The van der Waals surface area contributed by atoms with Gasteiger partial charge in [0.2, 0.25) is 6.79 Å². The lowest BCUT2D eigenvalue weighted by molar-refractivity contribution is -0.125. The molecule has 6 heteroatoms. The molecule has 0 atom stereocenters. The van der Waals surface area contributed by atoms with E-state index < -0.39 is 0 Å². The van der Waals surface area contributed by atoms with Crippen molar-refractivity contribution < 1.29 is 19.1 Å². The number of rotatable bonds is 6. The second kappa shape index (κ2) is 7.70. The summed E-state index contributed by atoms with van der Waals surface area (Å²) in [6.07, 6.45) is 0. The summed E-state index contributed by atoms with van der Waals surface area (Å²) >= 11 is 0. The molecule has 3 rings (SSSR count). The summed E-state index contributed by atoms with van der Waals surface area (Å²) in [5.74, 6) is 1.18. The number of fused-ring (bicyclic) bond motifs is 1. The third kappa shape index (κ3) is 4.50. The minimum atomic E-state index is -0.220. The first-order valence-electron chi connectivity index (χ1n) is 8.00. The van der Waals surface area contributed by atoms with Crippen LogP contribution in [0.5, 0.6) is 11.5 Å². The minimum Gasteiger partial charge on any atom is -0.454 e. The third-order valence-electron chi connectivity index (χ3n) is 3.80. The van der Waals surface area contributed by atoms with Crippen LogP contribution in [-0.4, -0.2) is 25.0 Å². The Morgan fingerprint density at radius 1 is 1.16 bits per heavy atom. The van der Waals surface area contributed by atoms with Crippen LogP contribution in [-0.2, 0) is 16.2 Å². The largest absolute Gasteiger partial charge is 0.454 e. The standard InChI is InChI=1S/C19H20N2O4/c1-13-3-5-15(6-4-13)10-20-19(22)11-25-21-14(2)16-7-8-17-18(9-16)24-12-23-17/h3-9H,10-12H2,1-2H3,(H,20,22)/b21-14-. The fraction of sp³-hybridized carbons (Fsp3) is 0.263. The van der Waals surface area contributed by atoms with E-state index in [2.05, 4.69) is 10.5 Å². The molecule has 0 saturated carbocycles. The molecule has 0 spiro atoms. The molecule has 1 N–H and O–H groups in total. The Morgan fingerprint density at radius 3 is 2.72 bits per heavy atom. The molecule has 25 heavy (non-hydrogen) atoms. The van der Waals surface area contributed by atoms with Gasteiger partial charge < -0.3 is 19.6 Å². The summed E-state index contributed by atoms with van der Waals surface area (Å²) in [5, 5.41) is 6.78. The molecule has 6 nitrogen and oxygen atoms in total. The molecule has 0 bridgehead atoms. The fourth-order valence-electron chi connectivity index (χ4n) is 2.32. The lowest BCUT2D eigenvalue weighted by Gasteiger charge is -2.06. The summed E-state index contributed by atoms with van der Waals surface area (Å²) in [6.45, 7) is 4.39. The van der Waals surface area contributed by atoms with Crippen molar-refractivity contribution in [1.29, 1.82) is 0 Å². The summed E-state index contributed by atoms with van der Waals surface area (Å²) in [5.41, 5.74) is 3.74. The highest BCUT2D eigenvalue weighted by molar-refractivity contribution is 5.99. The van der Waals surface area contributed by atoms with Gasteiger partial charge in [0.15, 0.2) is 18.1 Å². The van der Waals surface area contributed by atoms with Crippen molar-refractivity contribution in [3.8, 4) is 11.5 Å². The molecular weight excluding hydrogens is 320 g/mol. The Balaban J connectivity index is 1.47. The van der Waals surface area contributed by atoms with E-state index in [1.54, 1.807) is 0 Å². The van der Waals surface area contributed by atoms with Gasteiger partial charge in [-0.25, -0.2) is 0 Å². The van der Waals surface area contributed by atoms with Gasteiger partial charge in [0.25, 0.3) is 5.91 Å². The number of benzene rings is 2. The van der Waals surface area contributed by atoms with E-state index in [-0.39, 0.29) is 19.3 Å². The van der Waals surface area contributed by atoms with Crippen LogP contribution in [0.1, 0.15) is 23.6 Å². The van der Waals surface area contributed by atoms with Crippen LogP contribution < -0.4 is 14.8 Å². The van der Waals surface area contributed by atoms with Crippen LogP contribution in [0.2, 0.25) is 0 Å². The molecule has 2 aromatic carbocycles. The molecule has 1 aliphatic rings. The summed E-state index contributed by atoms with van der Waals surface area (Å²) in [4.78, 5) is 17.0.